The van der Waals surface area contributed by atoms with Crippen molar-refractivity contribution in [2.24, 2.45) is 13.0 Å². The van der Waals surface area contributed by atoms with Gasteiger partial charge in [-0.2, -0.15) is 0 Å². The van der Waals surface area contributed by atoms with Gasteiger partial charge in [0.05, 0.1) is 6.20 Å². The normalized spacial score (nSPS) is 23.7. The van der Waals surface area contributed by atoms with Gasteiger partial charge in [0.1, 0.15) is 17.8 Å². The summed E-state index contributed by atoms with van der Waals surface area (Å²) in [7, 11) is -1.65. The number of fused-ring (bicyclic) bond motifs is 1. The van der Waals surface area contributed by atoms with E-state index in [4.69, 9.17) is 4.74 Å². The van der Waals surface area contributed by atoms with E-state index in [1.807, 2.05) is 17.8 Å². The number of aryl methyl sites for hydroxylation is 2. The maximum Gasteiger partial charge on any atom is 0.257 e. The number of nitrogens with zero attached hydrogens (tertiary/aromatic N) is 4. The Hall–Kier alpha value is -1.71. The predicted molar refractivity (Wildman–Crippen MR) is 85.7 cm³/mol. The molecule has 9 heteroatoms. The van der Waals surface area contributed by atoms with Gasteiger partial charge in [0.2, 0.25) is 0 Å². The largest absolute Gasteiger partial charge is 0.370 e. The Kier molecular flexibility index (Phi) is 3.93. The van der Waals surface area contributed by atoms with E-state index in [-0.39, 0.29) is 17.0 Å². The summed E-state index contributed by atoms with van der Waals surface area (Å²) in [4.78, 5) is 8.55. The van der Waals surface area contributed by atoms with Gasteiger partial charge in [-0.1, -0.05) is 0 Å². The minimum atomic E-state index is -3.56. The first-order valence-electron chi connectivity index (χ1n) is 8.19. The van der Waals surface area contributed by atoms with Gasteiger partial charge < -0.3 is 13.9 Å². The van der Waals surface area contributed by atoms with Crippen molar-refractivity contribution in [2.45, 2.75) is 36.9 Å². The zero-order valence-corrected chi connectivity index (χ0v) is 14.4. The smallest absolute Gasteiger partial charge is 0.257 e. The molecule has 2 aromatic rings. The standard InChI is InChI=1S/C15H21N5O3S/c1-19-7-5-16-15(19)14-11(4-8-23-14)9-18-24(21,22)13-10-17-12-3-2-6-20(12)13/h5,7,10-11,14,18H,2-4,6,8-9H2,1H3/t11-,14+/m0/s1. The molecule has 1 fully saturated rings. The highest BCUT2D eigenvalue weighted by Crippen LogP contribution is 2.33. The Bertz CT molecular complexity index is 841. The van der Waals surface area contributed by atoms with Crippen LogP contribution in [-0.2, 0) is 34.8 Å². The van der Waals surface area contributed by atoms with Crippen LogP contribution in [0.3, 0.4) is 0 Å². The van der Waals surface area contributed by atoms with E-state index < -0.39 is 10.0 Å². The molecule has 0 aliphatic carbocycles. The number of ether oxygens (including phenoxy) is 1. The molecule has 0 unspecified atom stereocenters. The average molecular weight is 351 g/mol. The van der Waals surface area contributed by atoms with E-state index >= 15 is 0 Å². The summed E-state index contributed by atoms with van der Waals surface area (Å²) in [5.41, 5.74) is 0. The molecule has 4 rings (SSSR count). The molecule has 24 heavy (non-hydrogen) atoms. The first kappa shape index (κ1) is 15.8. The van der Waals surface area contributed by atoms with E-state index in [0.717, 1.165) is 30.9 Å². The summed E-state index contributed by atoms with van der Waals surface area (Å²) < 4.78 is 37.5. The number of hydrogen-bond donors (Lipinski definition) is 1. The molecule has 2 aliphatic heterocycles. The van der Waals surface area contributed by atoms with Crippen LogP contribution in [0.25, 0.3) is 0 Å². The molecular formula is C15H21N5O3S. The van der Waals surface area contributed by atoms with Crippen molar-refractivity contribution in [3.63, 3.8) is 0 Å². The number of nitrogens with one attached hydrogen (secondary N) is 1. The van der Waals surface area contributed by atoms with E-state index in [2.05, 4.69) is 14.7 Å². The van der Waals surface area contributed by atoms with Gasteiger partial charge in [0.15, 0.2) is 5.03 Å². The maximum atomic E-state index is 12.6. The second-order valence-corrected chi connectivity index (χ2v) is 8.07. The van der Waals surface area contributed by atoms with Crippen LogP contribution in [0.1, 0.15) is 30.6 Å². The highest BCUT2D eigenvalue weighted by molar-refractivity contribution is 7.89. The van der Waals surface area contributed by atoms with Crippen molar-refractivity contribution in [2.75, 3.05) is 13.2 Å². The van der Waals surface area contributed by atoms with Crippen molar-refractivity contribution >= 4 is 10.0 Å². The van der Waals surface area contributed by atoms with Crippen LogP contribution in [-0.4, -0.2) is 40.7 Å². The third-order valence-electron chi connectivity index (χ3n) is 4.82. The Morgan fingerprint density at radius 3 is 3.08 bits per heavy atom. The number of hydrogen-bond acceptors (Lipinski definition) is 5. The zero-order valence-electron chi connectivity index (χ0n) is 13.6. The fourth-order valence-corrected chi connectivity index (χ4v) is 4.77. The first-order valence-corrected chi connectivity index (χ1v) is 9.67. The summed E-state index contributed by atoms with van der Waals surface area (Å²) in [5, 5.41) is 0.266. The van der Waals surface area contributed by atoms with E-state index in [9.17, 15) is 8.42 Å². The molecule has 0 spiro atoms. The molecule has 0 radical (unpaired) electrons. The fraction of sp³-hybridized carbons (Fsp3) is 0.600. The average Bonchev–Trinajstić information content (AvgIpc) is 3.28. The fourth-order valence-electron chi connectivity index (χ4n) is 3.52. The van der Waals surface area contributed by atoms with Crippen LogP contribution in [0, 0.1) is 5.92 Å². The monoisotopic (exact) mass is 351 g/mol. The molecule has 2 aliphatic rings. The molecule has 4 heterocycles. The van der Waals surface area contributed by atoms with Crippen molar-refractivity contribution in [3.8, 4) is 0 Å². The Labute approximate surface area is 140 Å². The third-order valence-corrected chi connectivity index (χ3v) is 6.24. The van der Waals surface area contributed by atoms with E-state index in [1.54, 1.807) is 10.8 Å². The van der Waals surface area contributed by atoms with Crippen molar-refractivity contribution in [1.29, 1.82) is 0 Å². The molecule has 0 amide bonds. The lowest BCUT2D eigenvalue weighted by molar-refractivity contribution is 0.0823. The molecule has 8 nitrogen and oxygen atoms in total. The van der Waals surface area contributed by atoms with Gasteiger partial charge in [-0.25, -0.2) is 23.1 Å². The summed E-state index contributed by atoms with van der Waals surface area (Å²) in [6.45, 7) is 1.67. The van der Waals surface area contributed by atoms with Gasteiger partial charge in [-0.05, 0) is 12.8 Å². The van der Waals surface area contributed by atoms with Crippen LogP contribution < -0.4 is 4.72 Å². The lowest BCUT2D eigenvalue weighted by Gasteiger charge is -2.19. The molecule has 0 bridgehead atoms. The minimum absolute atomic E-state index is 0.0712. The van der Waals surface area contributed by atoms with Crippen LogP contribution >= 0.6 is 0 Å². The topological polar surface area (TPSA) is 91.0 Å². The van der Waals surface area contributed by atoms with Crippen LogP contribution in [0.15, 0.2) is 23.6 Å². The second-order valence-electron chi connectivity index (χ2n) is 6.36. The molecule has 2 aromatic heterocycles. The summed E-state index contributed by atoms with van der Waals surface area (Å²) in [5.74, 6) is 1.76. The van der Waals surface area contributed by atoms with Gasteiger partial charge >= 0.3 is 0 Å². The molecule has 130 valence electrons. The summed E-state index contributed by atoms with van der Waals surface area (Å²) in [6, 6.07) is 0. The zero-order chi connectivity index (χ0) is 16.7. The highest BCUT2D eigenvalue weighted by Gasteiger charge is 2.34. The van der Waals surface area contributed by atoms with Gasteiger partial charge in [-0.15, -0.1) is 0 Å². The Morgan fingerprint density at radius 1 is 1.42 bits per heavy atom. The lowest BCUT2D eigenvalue weighted by atomic mass is 10.0. The summed E-state index contributed by atoms with van der Waals surface area (Å²) in [6.07, 6.45) is 7.48. The predicted octanol–water partition coefficient (Wildman–Crippen LogP) is 0.619. The Morgan fingerprint density at radius 2 is 2.29 bits per heavy atom. The van der Waals surface area contributed by atoms with E-state index in [1.165, 1.54) is 6.20 Å². The number of sulfonamides is 1. The molecular weight excluding hydrogens is 330 g/mol. The number of imidazole rings is 2. The first-order chi connectivity index (χ1) is 11.6. The molecule has 1 saturated heterocycles. The van der Waals surface area contributed by atoms with Gasteiger partial charge in [-0.3, -0.25) is 0 Å². The molecule has 1 N–H and O–H groups in total. The van der Waals surface area contributed by atoms with Crippen molar-refractivity contribution in [1.82, 2.24) is 23.8 Å². The van der Waals surface area contributed by atoms with Gasteiger partial charge in [0, 0.05) is 51.5 Å². The van der Waals surface area contributed by atoms with Crippen molar-refractivity contribution < 1.29 is 13.2 Å². The minimum Gasteiger partial charge on any atom is -0.370 e. The quantitative estimate of drug-likeness (QED) is 0.853. The Balaban J connectivity index is 1.48. The highest BCUT2D eigenvalue weighted by atomic mass is 32.2. The van der Waals surface area contributed by atoms with Crippen LogP contribution in [0.2, 0.25) is 0 Å². The molecule has 0 aromatic carbocycles. The van der Waals surface area contributed by atoms with Crippen LogP contribution in [0.4, 0.5) is 0 Å². The molecule has 0 saturated carbocycles. The van der Waals surface area contributed by atoms with Crippen LogP contribution in [0.5, 0.6) is 0 Å². The number of aromatic nitrogens is 4. The summed E-state index contributed by atoms with van der Waals surface area (Å²) >= 11 is 0. The van der Waals surface area contributed by atoms with Gasteiger partial charge in [0.25, 0.3) is 10.0 Å². The second kappa shape index (κ2) is 5.98. The molecule has 2 atom stereocenters. The maximum absolute atomic E-state index is 12.6. The number of rotatable bonds is 5. The lowest BCUT2D eigenvalue weighted by Crippen LogP contribution is -2.32. The van der Waals surface area contributed by atoms with Crippen molar-refractivity contribution in [3.05, 3.63) is 30.2 Å². The third kappa shape index (κ3) is 2.66. The van der Waals surface area contributed by atoms with E-state index in [0.29, 0.717) is 19.7 Å². The SMILES string of the molecule is Cn1ccnc1[C@@H]1OCC[C@H]1CNS(=O)(=O)c1cnc2n1CCC2.